The van der Waals surface area contributed by atoms with Gasteiger partial charge in [-0.3, -0.25) is 4.79 Å². The van der Waals surface area contributed by atoms with Crippen molar-refractivity contribution in [1.29, 1.82) is 0 Å². The van der Waals surface area contributed by atoms with Gasteiger partial charge in [0.2, 0.25) is 0 Å². The summed E-state index contributed by atoms with van der Waals surface area (Å²) in [7, 11) is 1.62. The van der Waals surface area contributed by atoms with E-state index in [9.17, 15) is 4.79 Å². The molecule has 4 rings (SSSR count). The molecule has 0 bridgehead atoms. The van der Waals surface area contributed by atoms with Crippen LogP contribution in [0.2, 0.25) is 0 Å². The van der Waals surface area contributed by atoms with Crippen LogP contribution in [0.5, 0.6) is 5.75 Å². The number of carbonyl (C=O) groups is 1. The van der Waals surface area contributed by atoms with Gasteiger partial charge < -0.3 is 10.1 Å². The quantitative estimate of drug-likeness (QED) is 0.388. The molecule has 1 amide bonds. The molecule has 1 aliphatic rings. The molecule has 0 spiro atoms. The van der Waals surface area contributed by atoms with Gasteiger partial charge in [0.15, 0.2) is 5.69 Å². The van der Waals surface area contributed by atoms with Crippen LogP contribution >= 0.6 is 35.0 Å². The molecule has 0 saturated heterocycles. The molecular formula is C21H19Cl2N3O2S. The Morgan fingerprint density at radius 2 is 1.97 bits per heavy atom. The first-order valence-electron chi connectivity index (χ1n) is 9.07. The fraction of sp³-hybridized carbons (Fsp3) is 0.238. The highest BCUT2D eigenvalue weighted by molar-refractivity contribution is 7.99. The maximum absolute atomic E-state index is 12.7. The predicted molar refractivity (Wildman–Crippen MR) is 118 cm³/mol. The number of thioether (sulfide) groups is 1. The molecule has 0 radical (unpaired) electrons. The van der Waals surface area contributed by atoms with Gasteiger partial charge in [-0.1, -0.05) is 12.1 Å². The van der Waals surface area contributed by atoms with Crippen LogP contribution in [0, 0.1) is 5.92 Å². The Hall–Kier alpha value is -2.15. The minimum Gasteiger partial charge on any atom is -0.497 e. The number of nitrogens with zero attached hydrogens (tertiary/aromatic N) is 2. The molecule has 1 saturated carbocycles. The average molecular weight is 448 g/mol. The Balaban J connectivity index is 1.44. The van der Waals surface area contributed by atoms with Crippen LogP contribution in [0.15, 0.2) is 65.7 Å². The normalized spacial score (nSPS) is 17.0. The maximum atomic E-state index is 12.7. The van der Waals surface area contributed by atoms with E-state index in [4.69, 9.17) is 27.9 Å². The highest BCUT2D eigenvalue weighted by atomic mass is 35.5. The van der Waals surface area contributed by atoms with Crippen LogP contribution in [0.3, 0.4) is 0 Å². The van der Waals surface area contributed by atoms with Gasteiger partial charge in [-0.05, 0) is 48.9 Å². The SMILES string of the molecule is COc1ccc(-n2ccc(C(=O)Nc3ccccc3SC[C@@H]3CC3(Cl)Cl)n2)cc1. The number of para-hydroxylation sites is 1. The zero-order chi connectivity index (χ0) is 20.4. The summed E-state index contributed by atoms with van der Waals surface area (Å²) in [5, 5.41) is 7.34. The Morgan fingerprint density at radius 3 is 2.66 bits per heavy atom. The number of amides is 1. The maximum Gasteiger partial charge on any atom is 0.276 e. The fourth-order valence-corrected chi connectivity index (χ4v) is 4.79. The molecule has 1 heterocycles. The number of anilines is 1. The molecule has 0 unspecified atom stereocenters. The smallest absolute Gasteiger partial charge is 0.276 e. The van der Waals surface area contributed by atoms with Crippen molar-refractivity contribution in [3.63, 3.8) is 0 Å². The van der Waals surface area contributed by atoms with Crippen LogP contribution < -0.4 is 10.1 Å². The Labute approximate surface area is 183 Å². The average Bonchev–Trinajstić information content (AvgIpc) is 3.11. The van der Waals surface area contributed by atoms with E-state index in [0.717, 1.165) is 34.2 Å². The lowest BCUT2D eigenvalue weighted by Crippen LogP contribution is -2.14. The molecule has 1 atom stereocenters. The highest BCUT2D eigenvalue weighted by Crippen LogP contribution is 2.55. The lowest BCUT2D eigenvalue weighted by molar-refractivity contribution is 0.102. The summed E-state index contributed by atoms with van der Waals surface area (Å²) in [4.78, 5) is 13.7. The first-order valence-corrected chi connectivity index (χ1v) is 10.8. The van der Waals surface area contributed by atoms with E-state index in [1.54, 1.807) is 35.8 Å². The van der Waals surface area contributed by atoms with E-state index in [1.165, 1.54) is 0 Å². The van der Waals surface area contributed by atoms with Crippen LogP contribution in [0.1, 0.15) is 16.9 Å². The Morgan fingerprint density at radius 1 is 1.24 bits per heavy atom. The number of hydrogen-bond donors (Lipinski definition) is 1. The molecule has 8 heteroatoms. The molecule has 1 fully saturated rings. The van der Waals surface area contributed by atoms with Crippen molar-refractivity contribution in [2.45, 2.75) is 15.6 Å². The van der Waals surface area contributed by atoms with Gasteiger partial charge in [-0.25, -0.2) is 4.68 Å². The zero-order valence-corrected chi connectivity index (χ0v) is 18.0. The number of nitrogens with one attached hydrogen (secondary N) is 1. The van der Waals surface area contributed by atoms with E-state index >= 15 is 0 Å². The van der Waals surface area contributed by atoms with Gasteiger partial charge in [-0.2, -0.15) is 5.10 Å². The van der Waals surface area contributed by atoms with Crippen molar-refractivity contribution < 1.29 is 9.53 Å². The number of ether oxygens (including phenoxy) is 1. The second-order valence-corrected chi connectivity index (χ2v) is 9.37. The number of benzene rings is 2. The largest absolute Gasteiger partial charge is 0.497 e. The van der Waals surface area contributed by atoms with Crippen molar-refractivity contribution in [3.05, 3.63) is 66.5 Å². The van der Waals surface area contributed by atoms with Crippen molar-refractivity contribution >= 4 is 46.6 Å². The molecule has 1 aromatic heterocycles. The number of aromatic nitrogens is 2. The van der Waals surface area contributed by atoms with Gasteiger partial charge in [0.05, 0.1) is 18.5 Å². The van der Waals surface area contributed by atoms with Crippen molar-refractivity contribution in [2.75, 3.05) is 18.2 Å². The van der Waals surface area contributed by atoms with Crippen molar-refractivity contribution in [1.82, 2.24) is 9.78 Å². The summed E-state index contributed by atoms with van der Waals surface area (Å²) >= 11 is 13.9. The standard InChI is InChI=1S/C21H19Cl2N3O2S/c1-28-16-8-6-15(7-9-16)26-11-10-18(25-26)20(27)24-17-4-2-3-5-19(17)29-13-14-12-21(14,22)23/h2-11,14H,12-13H2,1H3,(H,24,27)/t14-/m0/s1. The minimum absolute atomic E-state index is 0.263. The second-order valence-electron chi connectivity index (χ2n) is 6.77. The van der Waals surface area contributed by atoms with E-state index in [-0.39, 0.29) is 11.8 Å². The van der Waals surface area contributed by atoms with Crippen LogP contribution in [-0.4, -0.2) is 32.9 Å². The number of carbonyl (C=O) groups excluding carboxylic acids is 1. The Bertz CT molecular complexity index is 1020. The van der Waals surface area contributed by atoms with Gasteiger partial charge in [0.25, 0.3) is 5.91 Å². The predicted octanol–water partition coefficient (Wildman–Crippen LogP) is 5.42. The number of hydrogen-bond acceptors (Lipinski definition) is 4. The molecule has 1 aliphatic carbocycles. The molecule has 5 nitrogen and oxygen atoms in total. The van der Waals surface area contributed by atoms with E-state index < -0.39 is 4.33 Å². The third kappa shape index (κ3) is 4.71. The molecule has 29 heavy (non-hydrogen) atoms. The first kappa shape index (κ1) is 20.1. The summed E-state index contributed by atoms with van der Waals surface area (Å²) < 4.78 is 6.22. The number of alkyl halides is 2. The summed E-state index contributed by atoms with van der Waals surface area (Å²) in [5.41, 5.74) is 1.93. The summed E-state index contributed by atoms with van der Waals surface area (Å²) in [6.07, 6.45) is 2.56. The molecule has 0 aliphatic heterocycles. The van der Waals surface area contributed by atoms with Crippen molar-refractivity contribution in [2.24, 2.45) is 5.92 Å². The van der Waals surface area contributed by atoms with Gasteiger partial charge in [0.1, 0.15) is 10.1 Å². The molecule has 3 aromatic rings. The first-order chi connectivity index (χ1) is 14.0. The van der Waals surface area contributed by atoms with Gasteiger partial charge in [0, 0.05) is 22.8 Å². The molecule has 1 N–H and O–H groups in total. The number of halogens is 2. The molecular weight excluding hydrogens is 429 g/mol. The van der Waals surface area contributed by atoms with Gasteiger partial charge >= 0.3 is 0 Å². The van der Waals surface area contributed by atoms with Crippen LogP contribution in [0.4, 0.5) is 5.69 Å². The van der Waals surface area contributed by atoms with E-state index in [2.05, 4.69) is 10.4 Å². The zero-order valence-electron chi connectivity index (χ0n) is 15.6. The number of methoxy groups -OCH3 is 1. The van der Waals surface area contributed by atoms with Gasteiger partial charge in [-0.15, -0.1) is 35.0 Å². The summed E-state index contributed by atoms with van der Waals surface area (Å²) in [5.74, 6) is 1.59. The summed E-state index contributed by atoms with van der Waals surface area (Å²) in [6.45, 7) is 0. The minimum atomic E-state index is -0.598. The number of rotatable bonds is 7. The van der Waals surface area contributed by atoms with Crippen LogP contribution in [-0.2, 0) is 0 Å². The molecule has 150 valence electrons. The lowest BCUT2D eigenvalue weighted by atomic mass is 10.3. The summed E-state index contributed by atoms with van der Waals surface area (Å²) in [6, 6.07) is 16.8. The lowest BCUT2D eigenvalue weighted by Gasteiger charge is -2.10. The highest BCUT2D eigenvalue weighted by Gasteiger charge is 2.51. The van der Waals surface area contributed by atoms with Crippen LogP contribution in [0.25, 0.3) is 5.69 Å². The Kier molecular flexibility index (Phi) is 5.76. The topological polar surface area (TPSA) is 56.1 Å². The monoisotopic (exact) mass is 447 g/mol. The van der Waals surface area contributed by atoms with E-state index in [0.29, 0.717) is 5.69 Å². The second kappa shape index (κ2) is 8.30. The fourth-order valence-electron chi connectivity index (χ4n) is 2.85. The molecule has 2 aromatic carbocycles. The van der Waals surface area contributed by atoms with E-state index in [1.807, 2.05) is 48.5 Å². The third-order valence-corrected chi connectivity index (χ3v) is 6.85. The third-order valence-electron chi connectivity index (χ3n) is 4.69. The van der Waals surface area contributed by atoms with Crippen molar-refractivity contribution in [3.8, 4) is 11.4 Å².